The molecule has 0 saturated carbocycles. The summed E-state index contributed by atoms with van der Waals surface area (Å²) in [6, 6.07) is 0. The third-order valence-corrected chi connectivity index (χ3v) is 3.54. The number of nitrogens with zero attached hydrogens (tertiary/aromatic N) is 3. The van der Waals surface area contributed by atoms with Gasteiger partial charge in [-0.2, -0.15) is 0 Å². The molecule has 0 atom stereocenters. The number of nitrogens with one attached hydrogen (secondary N) is 1. The summed E-state index contributed by atoms with van der Waals surface area (Å²) in [4.78, 5) is 12.1. The van der Waals surface area contributed by atoms with Crippen LogP contribution in [0.25, 0.3) is 0 Å². The van der Waals surface area contributed by atoms with Crippen molar-refractivity contribution in [3.63, 3.8) is 0 Å². The Morgan fingerprint density at radius 1 is 1.39 bits per heavy atom. The van der Waals surface area contributed by atoms with Crippen LogP contribution in [0.1, 0.15) is 50.5 Å². The van der Waals surface area contributed by atoms with E-state index in [0.717, 1.165) is 19.3 Å². The van der Waals surface area contributed by atoms with Gasteiger partial charge in [-0.25, -0.2) is 0 Å². The Balaban J connectivity index is 2.74. The molecule has 0 radical (unpaired) electrons. The van der Waals surface area contributed by atoms with Crippen molar-refractivity contribution in [2.24, 2.45) is 5.73 Å². The van der Waals surface area contributed by atoms with Crippen LogP contribution >= 0.6 is 0 Å². The number of carbonyl (C=O) groups excluding carboxylic acids is 1. The van der Waals surface area contributed by atoms with Crippen LogP contribution in [0.3, 0.4) is 0 Å². The Kier molecular flexibility index (Phi) is 5.27. The van der Waals surface area contributed by atoms with Crippen LogP contribution in [0.5, 0.6) is 0 Å². The SMILES string of the molecule is CCC(CC)(CC)NC(=O)c1cn(CCN)nn1. The van der Waals surface area contributed by atoms with Crippen LogP contribution in [-0.2, 0) is 6.54 Å². The average Bonchev–Trinajstić information content (AvgIpc) is 2.85. The molecule has 0 spiro atoms. The maximum atomic E-state index is 12.1. The Labute approximate surface area is 108 Å². The molecule has 6 heteroatoms. The maximum absolute atomic E-state index is 12.1. The molecular formula is C12H23N5O. The van der Waals surface area contributed by atoms with E-state index in [1.807, 2.05) is 0 Å². The Hall–Kier alpha value is -1.43. The fraction of sp³-hybridized carbons (Fsp3) is 0.750. The molecule has 1 rings (SSSR count). The van der Waals surface area contributed by atoms with Crippen molar-refractivity contribution in [3.8, 4) is 0 Å². The van der Waals surface area contributed by atoms with Gasteiger partial charge in [-0.05, 0) is 19.3 Å². The topological polar surface area (TPSA) is 85.8 Å². The van der Waals surface area contributed by atoms with E-state index >= 15 is 0 Å². The summed E-state index contributed by atoms with van der Waals surface area (Å²) in [5, 5.41) is 10.8. The van der Waals surface area contributed by atoms with E-state index in [4.69, 9.17) is 5.73 Å². The van der Waals surface area contributed by atoms with E-state index < -0.39 is 0 Å². The zero-order valence-electron chi connectivity index (χ0n) is 11.4. The number of hydrogen-bond donors (Lipinski definition) is 2. The first-order valence-corrected chi connectivity index (χ1v) is 6.53. The highest BCUT2D eigenvalue weighted by molar-refractivity contribution is 5.92. The molecule has 0 bridgehead atoms. The molecule has 6 nitrogen and oxygen atoms in total. The molecule has 0 saturated heterocycles. The standard InChI is InChI=1S/C12H23N5O/c1-4-12(5-2,6-3)14-11(18)10-9-17(8-7-13)16-15-10/h9H,4-8,13H2,1-3H3,(H,14,18). The highest BCUT2D eigenvalue weighted by Gasteiger charge is 2.27. The molecule has 0 aliphatic carbocycles. The highest BCUT2D eigenvalue weighted by atomic mass is 16.2. The normalized spacial score (nSPS) is 11.6. The van der Waals surface area contributed by atoms with Gasteiger partial charge in [0.2, 0.25) is 0 Å². The second-order valence-corrected chi connectivity index (χ2v) is 4.45. The van der Waals surface area contributed by atoms with Crippen LogP contribution in [0, 0.1) is 0 Å². The lowest BCUT2D eigenvalue weighted by Gasteiger charge is -2.31. The van der Waals surface area contributed by atoms with E-state index in [1.54, 1.807) is 10.9 Å². The second kappa shape index (κ2) is 6.49. The maximum Gasteiger partial charge on any atom is 0.273 e. The van der Waals surface area contributed by atoms with Crippen molar-refractivity contribution in [2.75, 3.05) is 6.54 Å². The number of aromatic nitrogens is 3. The smallest absolute Gasteiger partial charge is 0.273 e. The summed E-state index contributed by atoms with van der Waals surface area (Å²) in [6.07, 6.45) is 4.35. The summed E-state index contributed by atoms with van der Waals surface area (Å²) < 4.78 is 1.58. The molecular weight excluding hydrogens is 230 g/mol. The molecule has 18 heavy (non-hydrogen) atoms. The van der Waals surface area contributed by atoms with Crippen molar-refractivity contribution < 1.29 is 4.79 Å². The lowest BCUT2D eigenvalue weighted by Crippen LogP contribution is -2.47. The van der Waals surface area contributed by atoms with Crippen LogP contribution in [0.15, 0.2) is 6.20 Å². The third kappa shape index (κ3) is 3.29. The van der Waals surface area contributed by atoms with Gasteiger partial charge in [0.25, 0.3) is 5.91 Å². The summed E-state index contributed by atoms with van der Waals surface area (Å²) in [7, 11) is 0. The quantitative estimate of drug-likeness (QED) is 0.757. The molecule has 0 unspecified atom stereocenters. The first-order valence-electron chi connectivity index (χ1n) is 6.53. The zero-order chi connectivity index (χ0) is 13.6. The molecule has 0 aliphatic rings. The van der Waals surface area contributed by atoms with Gasteiger partial charge in [-0.15, -0.1) is 5.10 Å². The molecule has 1 amide bonds. The number of hydrogen-bond acceptors (Lipinski definition) is 4. The molecule has 0 fully saturated rings. The minimum absolute atomic E-state index is 0.144. The van der Waals surface area contributed by atoms with Gasteiger partial charge < -0.3 is 11.1 Å². The number of nitrogens with two attached hydrogens (primary N) is 1. The minimum atomic E-state index is -0.163. The Morgan fingerprint density at radius 3 is 2.50 bits per heavy atom. The summed E-state index contributed by atoms with van der Waals surface area (Å²) in [6.45, 7) is 7.30. The van der Waals surface area contributed by atoms with E-state index in [0.29, 0.717) is 18.8 Å². The van der Waals surface area contributed by atoms with Gasteiger partial charge in [-0.3, -0.25) is 9.48 Å². The van der Waals surface area contributed by atoms with E-state index in [9.17, 15) is 4.79 Å². The third-order valence-electron chi connectivity index (χ3n) is 3.54. The van der Waals surface area contributed by atoms with Crippen LogP contribution in [-0.4, -0.2) is 33.0 Å². The Bertz CT molecular complexity index is 375. The van der Waals surface area contributed by atoms with Crippen molar-refractivity contribution in [1.82, 2.24) is 20.3 Å². The predicted molar refractivity (Wildman–Crippen MR) is 70.1 cm³/mol. The van der Waals surface area contributed by atoms with Crippen molar-refractivity contribution in [3.05, 3.63) is 11.9 Å². The van der Waals surface area contributed by atoms with E-state index in [1.165, 1.54) is 0 Å². The zero-order valence-corrected chi connectivity index (χ0v) is 11.4. The van der Waals surface area contributed by atoms with Gasteiger partial charge >= 0.3 is 0 Å². The molecule has 1 heterocycles. The molecule has 3 N–H and O–H groups in total. The number of rotatable bonds is 7. The Morgan fingerprint density at radius 2 is 2.00 bits per heavy atom. The van der Waals surface area contributed by atoms with Gasteiger partial charge in [0.1, 0.15) is 0 Å². The van der Waals surface area contributed by atoms with E-state index in [-0.39, 0.29) is 11.4 Å². The molecule has 0 aliphatic heterocycles. The summed E-state index contributed by atoms with van der Waals surface area (Å²) in [5.74, 6) is -0.163. The van der Waals surface area contributed by atoms with Gasteiger partial charge in [0, 0.05) is 12.1 Å². The largest absolute Gasteiger partial charge is 0.345 e. The van der Waals surface area contributed by atoms with Gasteiger partial charge in [0.15, 0.2) is 5.69 Å². The number of carbonyl (C=O) groups is 1. The highest BCUT2D eigenvalue weighted by Crippen LogP contribution is 2.19. The fourth-order valence-electron chi connectivity index (χ4n) is 1.96. The first kappa shape index (κ1) is 14.6. The summed E-state index contributed by atoms with van der Waals surface area (Å²) >= 11 is 0. The lowest BCUT2D eigenvalue weighted by molar-refractivity contribution is 0.0883. The molecule has 0 aromatic carbocycles. The van der Waals surface area contributed by atoms with E-state index in [2.05, 4.69) is 36.4 Å². The van der Waals surface area contributed by atoms with Crippen LogP contribution in [0.4, 0.5) is 0 Å². The fourth-order valence-corrected chi connectivity index (χ4v) is 1.96. The second-order valence-electron chi connectivity index (χ2n) is 4.45. The average molecular weight is 253 g/mol. The van der Waals surface area contributed by atoms with Crippen LogP contribution < -0.4 is 11.1 Å². The van der Waals surface area contributed by atoms with Crippen molar-refractivity contribution >= 4 is 5.91 Å². The first-order chi connectivity index (χ1) is 8.60. The predicted octanol–water partition coefficient (Wildman–Crippen LogP) is 0.935. The van der Waals surface area contributed by atoms with Gasteiger partial charge in [0.05, 0.1) is 12.7 Å². The summed E-state index contributed by atoms with van der Waals surface area (Å²) in [5.41, 5.74) is 5.63. The monoisotopic (exact) mass is 253 g/mol. The lowest BCUT2D eigenvalue weighted by atomic mass is 9.89. The van der Waals surface area contributed by atoms with Crippen LogP contribution in [0.2, 0.25) is 0 Å². The molecule has 1 aromatic rings. The number of amides is 1. The van der Waals surface area contributed by atoms with Gasteiger partial charge in [-0.1, -0.05) is 26.0 Å². The molecule has 102 valence electrons. The van der Waals surface area contributed by atoms with Crippen molar-refractivity contribution in [1.29, 1.82) is 0 Å². The molecule has 1 aromatic heterocycles. The van der Waals surface area contributed by atoms with Crippen molar-refractivity contribution in [2.45, 2.75) is 52.1 Å². The minimum Gasteiger partial charge on any atom is -0.345 e.